The Hall–Kier alpha value is -0.860. The quantitative estimate of drug-likeness (QED) is 0.726. The fraction of sp³-hybridized carbons (Fsp3) is 0.250. The molecule has 1 aromatic carbocycles. The number of aromatic nitrogens is 1. The van der Waals surface area contributed by atoms with Gasteiger partial charge in [0.05, 0.1) is 15.0 Å². The molecule has 0 aliphatic rings. The Balaban J connectivity index is 2.98. The molecule has 0 aliphatic heterocycles. The van der Waals surface area contributed by atoms with Crippen molar-refractivity contribution in [3.8, 4) is 0 Å². The van der Waals surface area contributed by atoms with Crippen LogP contribution in [0.4, 0.5) is 0 Å². The topological polar surface area (TPSA) is 15.8 Å². The van der Waals surface area contributed by atoms with E-state index in [2.05, 4.69) is 11.9 Å². The third-order valence-corrected chi connectivity index (χ3v) is 3.43. The second-order valence-electron chi connectivity index (χ2n) is 3.57. The predicted octanol–water partition coefficient (Wildman–Crippen LogP) is 4.42. The van der Waals surface area contributed by atoms with Crippen molar-refractivity contribution in [3.05, 3.63) is 39.0 Å². The molecule has 0 fully saturated rings. The zero-order valence-corrected chi connectivity index (χ0v) is 10.3. The van der Waals surface area contributed by atoms with Gasteiger partial charge >= 0.3 is 0 Å². The average molecular weight is 238 g/mol. The Morgan fingerprint density at radius 3 is 2.80 bits per heavy atom. The molecule has 0 bridgehead atoms. The van der Waals surface area contributed by atoms with Crippen molar-refractivity contribution in [1.29, 1.82) is 0 Å². The summed E-state index contributed by atoms with van der Waals surface area (Å²) < 4.78 is 0.922. The fourth-order valence-corrected chi connectivity index (χ4v) is 2.55. The normalized spacial score (nSPS) is 10.9. The van der Waals surface area contributed by atoms with Gasteiger partial charge in [-0.3, -0.25) is 0 Å². The summed E-state index contributed by atoms with van der Waals surface area (Å²) in [5, 5.41) is 1.77. The number of H-pyrrole nitrogens is 1. The lowest BCUT2D eigenvalue weighted by molar-refractivity contribution is 1.06. The maximum absolute atomic E-state index is 6.12. The van der Waals surface area contributed by atoms with Gasteiger partial charge in [0.2, 0.25) is 0 Å². The van der Waals surface area contributed by atoms with Gasteiger partial charge in [-0.2, -0.15) is 0 Å². The summed E-state index contributed by atoms with van der Waals surface area (Å²) in [4.78, 5) is 3.32. The Morgan fingerprint density at radius 2 is 2.13 bits per heavy atom. The first kappa shape index (κ1) is 10.7. The number of rotatable bonds is 1. The maximum atomic E-state index is 6.12. The zero-order chi connectivity index (χ0) is 11.0. The Labute approximate surface area is 99.1 Å². The molecule has 0 aliphatic carbocycles. The van der Waals surface area contributed by atoms with E-state index in [1.165, 1.54) is 5.56 Å². The minimum absolute atomic E-state index is 0.726. The van der Waals surface area contributed by atoms with E-state index in [0.29, 0.717) is 0 Å². The van der Waals surface area contributed by atoms with Crippen LogP contribution in [0.3, 0.4) is 0 Å². The van der Waals surface area contributed by atoms with E-state index >= 15 is 0 Å². The molecular formula is C12H12ClNS. The fourth-order valence-electron chi connectivity index (χ4n) is 1.86. The monoisotopic (exact) mass is 237 g/mol. The maximum Gasteiger partial charge on any atom is 0.0659 e. The van der Waals surface area contributed by atoms with Crippen LogP contribution in [0.1, 0.15) is 18.2 Å². The molecule has 0 saturated heterocycles. The van der Waals surface area contributed by atoms with Crippen LogP contribution in [0.5, 0.6) is 0 Å². The average Bonchev–Trinajstić information content (AvgIpc) is 2.20. The largest absolute Gasteiger partial charge is 0.357 e. The smallest absolute Gasteiger partial charge is 0.0659 e. The minimum atomic E-state index is 0.726. The second kappa shape index (κ2) is 3.95. The third-order valence-electron chi connectivity index (χ3n) is 2.65. The first-order chi connectivity index (χ1) is 7.15. The summed E-state index contributed by atoms with van der Waals surface area (Å²) in [7, 11) is 0. The van der Waals surface area contributed by atoms with E-state index in [9.17, 15) is 0 Å². The van der Waals surface area contributed by atoms with Gasteiger partial charge in [0.1, 0.15) is 0 Å². The molecule has 3 heteroatoms. The summed E-state index contributed by atoms with van der Waals surface area (Å²) in [6.45, 7) is 4.15. The zero-order valence-electron chi connectivity index (χ0n) is 8.73. The molecule has 2 rings (SSSR count). The molecule has 0 spiro atoms. The molecule has 78 valence electrons. The molecule has 0 radical (unpaired) electrons. The lowest BCUT2D eigenvalue weighted by Gasteiger charge is -2.08. The highest BCUT2D eigenvalue weighted by atomic mass is 35.5. The minimum Gasteiger partial charge on any atom is -0.357 e. The summed E-state index contributed by atoms with van der Waals surface area (Å²) in [6.07, 6.45) is 0.948. The van der Waals surface area contributed by atoms with Gasteiger partial charge in [0.15, 0.2) is 0 Å². The van der Waals surface area contributed by atoms with Gasteiger partial charge < -0.3 is 4.98 Å². The first-order valence-corrected chi connectivity index (χ1v) is 5.73. The van der Waals surface area contributed by atoms with Crippen molar-refractivity contribution in [3.63, 3.8) is 0 Å². The van der Waals surface area contributed by atoms with Crippen LogP contribution in [0.25, 0.3) is 10.9 Å². The molecule has 2 aromatic rings. The molecule has 0 unspecified atom stereocenters. The Bertz CT molecular complexity index is 572. The van der Waals surface area contributed by atoms with E-state index in [0.717, 1.165) is 32.6 Å². The summed E-state index contributed by atoms with van der Waals surface area (Å²) in [6, 6.07) is 5.82. The summed E-state index contributed by atoms with van der Waals surface area (Å²) in [5.74, 6) is 0. The molecule has 0 amide bonds. The summed E-state index contributed by atoms with van der Waals surface area (Å²) >= 11 is 11.6. The molecule has 0 saturated carbocycles. The van der Waals surface area contributed by atoms with Gasteiger partial charge in [0.25, 0.3) is 0 Å². The van der Waals surface area contributed by atoms with Crippen LogP contribution >= 0.6 is 23.8 Å². The van der Waals surface area contributed by atoms with Crippen molar-refractivity contribution in [2.75, 3.05) is 0 Å². The molecule has 15 heavy (non-hydrogen) atoms. The lowest BCUT2D eigenvalue weighted by atomic mass is 10.1. The van der Waals surface area contributed by atoms with E-state index < -0.39 is 0 Å². The summed E-state index contributed by atoms with van der Waals surface area (Å²) in [5.41, 5.74) is 3.27. The number of para-hydroxylation sites is 1. The van der Waals surface area contributed by atoms with Crippen molar-refractivity contribution in [2.24, 2.45) is 0 Å². The lowest BCUT2D eigenvalue weighted by Crippen LogP contribution is -1.94. The number of hydrogen-bond donors (Lipinski definition) is 1. The second-order valence-corrected chi connectivity index (χ2v) is 4.39. The standard InChI is InChI=1S/C12H12ClNS/c1-3-8-7(2)14-11-9(12(8)15)5-4-6-10(11)13/h4-6H,3H2,1-2H3,(H,14,15). The van der Waals surface area contributed by atoms with E-state index in [-0.39, 0.29) is 0 Å². The SMILES string of the molecule is CCc1c(C)[nH]c2c(Cl)cccc2c1=S. The number of pyridine rings is 1. The highest BCUT2D eigenvalue weighted by Crippen LogP contribution is 2.25. The van der Waals surface area contributed by atoms with E-state index in [1.54, 1.807) is 0 Å². The number of halogens is 1. The molecular weight excluding hydrogens is 226 g/mol. The molecule has 1 heterocycles. The van der Waals surface area contributed by atoms with Crippen LogP contribution in [-0.4, -0.2) is 4.98 Å². The first-order valence-electron chi connectivity index (χ1n) is 4.95. The number of aryl methyl sites for hydroxylation is 1. The molecule has 1 nitrogen and oxygen atoms in total. The number of fused-ring (bicyclic) bond motifs is 1. The highest BCUT2D eigenvalue weighted by Gasteiger charge is 2.06. The van der Waals surface area contributed by atoms with E-state index in [1.807, 2.05) is 25.1 Å². The van der Waals surface area contributed by atoms with Gasteiger partial charge in [-0.15, -0.1) is 0 Å². The number of benzene rings is 1. The van der Waals surface area contributed by atoms with Crippen molar-refractivity contribution < 1.29 is 0 Å². The number of aromatic amines is 1. The van der Waals surface area contributed by atoms with Gasteiger partial charge in [-0.25, -0.2) is 0 Å². The predicted molar refractivity (Wildman–Crippen MR) is 68.3 cm³/mol. The van der Waals surface area contributed by atoms with Crippen molar-refractivity contribution >= 4 is 34.7 Å². The molecule has 1 N–H and O–H groups in total. The van der Waals surface area contributed by atoms with Crippen LogP contribution < -0.4 is 0 Å². The molecule has 1 aromatic heterocycles. The number of hydrogen-bond acceptors (Lipinski definition) is 1. The van der Waals surface area contributed by atoms with Crippen molar-refractivity contribution in [1.82, 2.24) is 4.98 Å². The van der Waals surface area contributed by atoms with Crippen LogP contribution in [0, 0.1) is 11.4 Å². The number of nitrogens with one attached hydrogen (secondary N) is 1. The van der Waals surface area contributed by atoms with E-state index in [4.69, 9.17) is 23.8 Å². The third kappa shape index (κ3) is 1.68. The van der Waals surface area contributed by atoms with Crippen molar-refractivity contribution in [2.45, 2.75) is 20.3 Å². The molecule has 0 atom stereocenters. The Kier molecular flexibility index (Phi) is 2.81. The van der Waals surface area contributed by atoms with Crippen LogP contribution in [-0.2, 0) is 6.42 Å². The van der Waals surface area contributed by atoms with Gasteiger partial charge in [-0.05, 0) is 25.0 Å². The van der Waals surface area contributed by atoms with Gasteiger partial charge in [-0.1, -0.05) is 42.9 Å². The Morgan fingerprint density at radius 1 is 1.40 bits per heavy atom. The van der Waals surface area contributed by atoms with Crippen LogP contribution in [0.2, 0.25) is 5.02 Å². The van der Waals surface area contributed by atoms with Crippen LogP contribution in [0.15, 0.2) is 18.2 Å². The highest BCUT2D eigenvalue weighted by molar-refractivity contribution is 7.71. The van der Waals surface area contributed by atoms with Gasteiger partial charge in [0, 0.05) is 11.1 Å².